The molecule has 0 amide bonds. The van der Waals surface area contributed by atoms with Gasteiger partial charge in [0.1, 0.15) is 0 Å². The molecule has 0 aliphatic heterocycles. The lowest BCUT2D eigenvalue weighted by atomic mass is 10.1. The fourth-order valence-electron chi connectivity index (χ4n) is 1.33. The van der Waals surface area contributed by atoms with Gasteiger partial charge in [0.15, 0.2) is 5.82 Å². The van der Waals surface area contributed by atoms with Crippen LogP contribution in [0.15, 0.2) is 24.3 Å². The molecule has 0 saturated carbocycles. The number of aromatic carboxylic acids is 1. The second-order valence-electron chi connectivity index (χ2n) is 3.50. The summed E-state index contributed by atoms with van der Waals surface area (Å²) in [4.78, 5) is 10.7. The lowest BCUT2D eigenvalue weighted by molar-refractivity contribution is 0.0697. The zero-order chi connectivity index (χ0) is 13.0. The summed E-state index contributed by atoms with van der Waals surface area (Å²) < 4.78 is 0. The van der Waals surface area contributed by atoms with Gasteiger partial charge in [0.05, 0.1) is 12.2 Å². The Morgan fingerprint density at radius 3 is 2.17 bits per heavy atom. The number of carboxylic acid groups (broad SMARTS) is 1. The molecular weight excluding hydrogens is 236 g/mol. The van der Waals surface area contributed by atoms with E-state index in [2.05, 4.69) is 20.4 Å². The Bertz CT molecular complexity index is 539. The average molecular weight is 246 g/mol. The molecule has 1 heterocycles. The largest absolute Gasteiger partial charge is 0.478 e. The van der Waals surface area contributed by atoms with E-state index in [0.29, 0.717) is 23.6 Å². The number of nitrogens with zero attached hydrogens (tertiary/aromatic N) is 4. The van der Waals surface area contributed by atoms with Crippen molar-refractivity contribution in [2.24, 2.45) is 0 Å². The van der Waals surface area contributed by atoms with Crippen molar-refractivity contribution >= 4 is 5.97 Å². The van der Waals surface area contributed by atoms with Crippen LogP contribution in [0.3, 0.4) is 0 Å². The number of hydrogen-bond acceptors (Lipinski definition) is 6. The number of hydrogen-bond donors (Lipinski definition) is 2. The summed E-state index contributed by atoms with van der Waals surface area (Å²) in [6, 6.07) is 6.10. The number of aliphatic hydroxyl groups is 1. The minimum atomic E-state index is -0.989. The van der Waals surface area contributed by atoms with Crippen molar-refractivity contribution in [2.75, 3.05) is 6.61 Å². The lowest BCUT2D eigenvalue weighted by Crippen LogP contribution is -2.04. The van der Waals surface area contributed by atoms with Crippen LogP contribution in [0.1, 0.15) is 16.2 Å². The van der Waals surface area contributed by atoms with Crippen molar-refractivity contribution in [1.82, 2.24) is 20.4 Å². The molecule has 1 aromatic carbocycles. The number of benzene rings is 1. The molecule has 92 valence electrons. The van der Waals surface area contributed by atoms with E-state index in [1.807, 2.05) is 0 Å². The molecule has 0 aliphatic carbocycles. The van der Waals surface area contributed by atoms with Crippen molar-refractivity contribution < 1.29 is 15.0 Å². The van der Waals surface area contributed by atoms with Gasteiger partial charge in [0.25, 0.3) is 0 Å². The predicted molar refractivity (Wildman–Crippen MR) is 60.8 cm³/mol. The summed E-state index contributed by atoms with van der Waals surface area (Å²) in [5.74, 6) is -0.311. The molecule has 0 saturated heterocycles. The van der Waals surface area contributed by atoms with Crippen molar-refractivity contribution in [1.29, 1.82) is 0 Å². The quantitative estimate of drug-likeness (QED) is 0.791. The maximum atomic E-state index is 10.7. The summed E-state index contributed by atoms with van der Waals surface area (Å²) in [5.41, 5.74) is 0.826. The minimum absolute atomic E-state index is 0.0595. The Morgan fingerprint density at radius 2 is 1.67 bits per heavy atom. The van der Waals surface area contributed by atoms with Gasteiger partial charge in [-0.05, 0) is 12.1 Å². The number of carboxylic acids is 1. The summed E-state index contributed by atoms with van der Waals surface area (Å²) in [6.07, 6.45) is 0.304. The molecule has 7 heteroatoms. The topological polar surface area (TPSA) is 109 Å². The van der Waals surface area contributed by atoms with E-state index in [-0.39, 0.29) is 12.2 Å². The second kappa shape index (κ2) is 5.28. The molecule has 18 heavy (non-hydrogen) atoms. The highest BCUT2D eigenvalue weighted by Crippen LogP contribution is 2.13. The third kappa shape index (κ3) is 2.64. The molecule has 1 aromatic heterocycles. The first-order chi connectivity index (χ1) is 8.70. The maximum Gasteiger partial charge on any atom is 0.335 e. The highest BCUT2D eigenvalue weighted by atomic mass is 16.4. The Balaban J connectivity index is 2.23. The molecular formula is C11H10N4O3. The van der Waals surface area contributed by atoms with Gasteiger partial charge >= 0.3 is 5.97 Å². The summed E-state index contributed by atoms with van der Waals surface area (Å²) >= 11 is 0. The van der Waals surface area contributed by atoms with Crippen LogP contribution in [0.2, 0.25) is 0 Å². The van der Waals surface area contributed by atoms with Gasteiger partial charge in [-0.25, -0.2) is 4.79 Å². The van der Waals surface area contributed by atoms with E-state index in [1.165, 1.54) is 12.1 Å². The molecule has 0 atom stereocenters. The molecule has 7 nitrogen and oxygen atoms in total. The van der Waals surface area contributed by atoms with E-state index in [9.17, 15) is 4.79 Å². The first-order valence-corrected chi connectivity index (χ1v) is 5.21. The van der Waals surface area contributed by atoms with Gasteiger partial charge in [-0.15, -0.1) is 20.4 Å². The van der Waals surface area contributed by atoms with Crippen molar-refractivity contribution in [3.63, 3.8) is 0 Å². The molecule has 2 N–H and O–H groups in total. The van der Waals surface area contributed by atoms with E-state index in [0.717, 1.165) is 0 Å². The van der Waals surface area contributed by atoms with Crippen LogP contribution in [0, 0.1) is 0 Å². The SMILES string of the molecule is O=C(O)c1ccc(-c2nnc(CCO)nn2)cc1. The zero-order valence-electron chi connectivity index (χ0n) is 9.32. The minimum Gasteiger partial charge on any atom is -0.478 e. The molecule has 0 radical (unpaired) electrons. The van der Waals surface area contributed by atoms with Crippen molar-refractivity contribution in [2.45, 2.75) is 6.42 Å². The average Bonchev–Trinajstić information content (AvgIpc) is 2.40. The van der Waals surface area contributed by atoms with Gasteiger partial charge in [0.2, 0.25) is 5.82 Å². The normalized spacial score (nSPS) is 10.3. The Kier molecular flexibility index (Phi) is 3.54. The van der Waals surface area contributed by atoms with E-state index in [4.69, 9.17) is 10.2 Å². The first-order valence-electron chi connectivity index (χ1n) is 5.21. The fraction of sp³-hybridized carbons (Fsp3) is 0.182. The van der Waals surface area contributed by atoms with Gasteiger partial charge in [-0.1, -0.05) is 12.1 Å². The van der Waals surface area contributed by atoms with Crippen LogP contribution in [-0.4, -0.2) is 43.2 Å². The highest BCUT2D eigenvalue weighted by molar-refractivity contribution is 5.88. The van der Waals surface area contributed by atoms with E-state index < -0.39 is 5.97 Å². The first kappa shape index (κ1) is 12.1. The Hall–Kier alpha value is -2.41. The van der Waals surface area contributed by atoms with Crippen LogP contribution in [0.4, 0.5) is 0 Å². The molecule has 0 aliphatic rings. The molecule has 2 aromatic rings. The summed E-state index contributed by atoms with van der Waals surface area (Å²) in [6.45, 7) is -0.0595. The third-order valence-electron chi connectivity index (χ3n) is 2.25. The smallest absolute Gasteiger partial charge is 0.335 e. The molecule has 0 unspecified atom stereocenters. The van der Waals surface area contributed by atoms with Crippen LogP contribution < -0.4 is 0 Å². The Morgan fingerprint density at radius 1 is 1.06 bits per heavy atom. The number of aliphatic hydroxyl groups excluding tert-OH is 1. The predicted octanol–water partition coefficient (Wildman–Crippen LogP) is 0.167. The highest BCUT2D eigenvalue weighted by Gasteiger charge is 2.06. The van der Waals surface area contributed by atoms with Gasteiger partial charge < -0.3 is 10.2 Å². The van der Waals surface area contributed by atoms with Crippen molar-refractivity contribution in [3.8, 4) is 11.4 Å². The lowest BCUT2D eigenvalue weighted by Gasteiger charge is -2.00. The number of carbonyl (C=O) groups is 1. The van der Waals surface area contributed by atoms with Crippen LogP contribution in [0.25, 0.3) is 11.4 Å². The second-order valence-corrected chi connectivity index (χ2v) is 3.50. The van der Waals surface area contributed by atoms with E-state index >= 15 is 0 Å². The van der Waals surface area contributed by atoms with Gasteiger partial charge in [-0.3, -0.25) is 0 Å². The monoisotopic (exact) mass is 246 g/mol. The summed E-state index contributed by atoms with van der Waals surface area (Å²) in [5, 5.41) is 32.8. The van der Waals surface area contributed by atoms with E-state index in [1.54, 1.807) is 12.1 Å². The molecule has 0 fully saturated rings. The van der Waals surface area contributed by atoms with Crippen LogP contribution >= 0.6 is 0 Å². The fourth-order valence-corrected chi connectivity index (χ4v) is 1.33. The standard InChI is InChI=1S/C11H10N4O3/c16-6-5-9-12-14-10(15-13-9)7-1-3-8(4-2-7)11(17)18/h1-4,16H,5-6H2,(H,17,18). The van der Waals surface area contributed by atoms with Gasteiger partial charge in [-0.2, -0.15) is 0 Å². The zero-order valence-corrected chi connectivity index (χ0v) is 9.32. The third-order valence-corrected chi connectivity index (χ3v) is 2.25. The number of aromatic nitrogens is 4. The van der Waals surface area contributed by atoms with Crippen LogP contribution in [-0.2, 0) is 6.42 Å². The Labute approximate surface area is 102 Å². The molecule has 2 rings (SSSR count). The number of rotatable bonds is 4. The maximum absolute atomic E-state index is 10.7. The van der Waals surface area contributed by atoms with Crippen LogP contribution in [0.5, 0.6) is 0 Å². The van der Waals surface area contributed by atoms with Crippen molar-refractivity contribution in [3.05, 3.63) is 35.7 Å². The summed E-state index contributed by atoms with van der Waals surface area (Å²) in [7, 11) is 0. The molecule has 0 bridgehead atoms. The van der Waals surface area contributed by atoms with Gasteiger partial charge in [0, 0.05) is 12.0 Å². The molecule has 0 spiro atoms.